The molecule has 32 heavy (non-hydrogen) atoms. The number of nitrogens with zero attached hydrogens (tertiary/aromatic N) is 2. The van der Waals surface area contributed by atoms with E-state index < -0.39 is 10.8 Å². The summed E-state index contributed by atoms with van der Waals surface area (Å²) in [5.41, 5.74) is 0.524. The highest BCUT2D eigenvalue weighted by Gasteiger charge is 2.17. The number of rotatable bonds is 7. The van der Waals surface area contributed by atoms with Gasteiger partial charge in [-0.2, -0.15) is 5.26 Å². The van der Waals surface area contributed by atoms with Crippen molar-refractivity contribution < 1.29 is 14.5 Å². The molecule has 0 aliphatic heterocycles. The minimum absolute atomic E-state index is 0.133. The zero-order chi connectivity index (χ0) is 23.1. The van der Waals surface area contributed by atoms with Gasteiger partial charge in [-0.15, -0.1) is 0 Å². The highest BCUT2D eigenvalue weighted by molar-refractivity contribution is 7.99. The Morgan fingerprint density at radius 1 is 1.16 bits per heavy atom. The van der Waals surface area contributed by atoms with Gasteiger partial charge in [0.1, 0.15) is 17.4 Å². The monoisotopic (exact) mass is 465 g/mol. The highest BCUT2D eigenvalue weighted by atomic mass is 35.5. The van der Waals surface area contributed by atoms with E-state index >= 15 is 0 Å². The van der Waals surface area contributed by atoms with Gasteiger partial charge in [-0.1, -0.05) is 29.4 Å². The minimum atomic E-state index is -0.625. The number of hydrogen-bond donors (Lipinski definition) is 1. The molecule has 3 aromatic carbocycles. The number of carbonyl (C=O) groups excluding carboxylic acids is 1. The van der Waals surface area contributed by atoms with Gasteiger partial charge in [-0.25, -0.2) is 0 Å². The third-order valence-electron chi connectivity index (χ3n) is 4.25. The van der Waals surface area contributed by atoms with Crippen LogP contribution in [0.15, 0.2) is 82.1 Å². The minimum Gasteiger partial charge on any atom is -0.497 e. The Bertz CT molecular complexity index is 1220. The Kier molecular flexibility index (Phi) is 7.49. The summed E-state index contributed by atoms with van der Waals surface area (Å²) in [7, 11) is 1.53. The second kappa shape index (κ2) is 10.5. The molecule has 0 aliphatic rings. The van der Waals surface area contributed by atoms with Crippen molar-refractivity contribution in [3.8, 4) is 11.8 Å². The number of benzene rings is 3. The SMILES string of the molecule is COc1ccc(NC(=O)C(C#N)=Cc2ccc(Sc3ccc(Cl)cc3)c([N+](=O)[O-])c2)cc1. The van der Waals surface area contributed by atoms with Crippen LogP contribution in [0.5, 0.6) is 5.75 Å². The quantitative estimate of drug-likeness (QED) is 0.200. The van der Waals surface area contributed by atoms with E-state index in [-0.39, 0.29) is 11.3 Å². The largest absolute Gasteiger partial charge is 0.497 e. The lowest BCUT2D eigenvalue weighted by atomic mass is 10.1. The van der Waals surface area contributed by atoms with E-state index in [1.54, 1.807) is 60.7 Å². The number of ether oxygens (including phenoxy) is 1. The Morgan fingerprint density at radius 2 is 1.84 bits per heavy atom. The number of nitro groups is 1. The van der Waals surface area contributed by atoms with Crippen molar-refractivity contribution in [2.24, 2.45) is 0 Å². The molecule has 0 saturated carbocycles. The molecule has 7 nitrogen and oxygen atoms in total. The number of nitriles is 1. The van der Waals surface area contributed by atoms with Crippen molar-refractivity contribution in [1.29, 1.82) is 5.26 Å². The number of hydrogen-bond acceptors (Lipinski definition) is 6. The van der Waals surface area contributed by atoms with E-state index in [4.69, 9.17) is 16.3 Å². The second-order valence-corrected chi connectivity index (χ2v) is 7.94. The molecule has 0 aromatic heterocycles. The standard InChI is InChI=1S/C23H16ClN3O4S/c1-31-19-7-5-18(6-8-19)26-23(28)16(14-25)12-15-2-11-22(21(13-15)27(29)30)32-20-9-3-17(24)4-10-20/h2-13H,1H3,(H,26,28). The van der Waals surface area contributed by atoms with E-state index in [0.717, 1.165) is 4.90 Å². The number of amides is 1. The third kappa shape index (κ3) is 5.88. The molecular weight excluding hydrogens is 450 g/mol. The molecule has 0 aliphatic carbocycles. The number of halogens is 1. The Balaban J connectivity index is 1.83. The van der Waals surface area contributed by atoms with Crippen molar-refractivity contribution in [2.75, 3.05) is 12.4 Å². The van der Waals surface area contributed by atoms with Crippen LogP contribution in [-0.4, -0.2) is 17.9 Å². The highest BCUT2D eigenvalue weighted by Crippen LogP contribution is 2.36. The molecule has 0 radical (unpaired) electrons. The zero-order valence-electron chi connectivity index (χ0n) is 16.7. The molecular formula is C23H16ClN3O4S. The lowest BCUT2D eigenvalue weighted by Gasteiger charge is -2.07. The summed E-state index contributed by atoms with van der Waals surface area (Å²) in [6.07, 6.45) is 1.31. The summed E-state index contributed by atoms with van der Waals surface area (Å²) in [4.78, 5) is 24.8. The summed E-state index contributed by atoms with van der Waals surface area (Å²) >= 11 is 7.10. The average molecular weight is 466 g/mol. The summed E-state index contributed by atoms with van der Waals surface area (Å²) in [6.45, 7) is 0. The lowest BCUT2D eigenvalue weighted by molar-refractivity contribution is -0.387. The topological polar surface area (TPSA) is 105 Å². The fraction of sp³-hybridized carbons (Fsp3) is 0.0435. The van der Waals surface area contributed by atoms with Crippen molar-refractivity contribution in [2.45, 2.75) is 9.79 Å². The molecule has 0 spiro atoms. The molecule has 9 heteroatoms. The second-order valence-electron chi connectivity index (χ2n) is 6.39. The number of carbonyl (C=O) groups is 1. The van der Waals surface area contributed by atoms with Gasteiger partial charge in [0, 0.05) is 21.7 Å². The molecule has 0 unspecified atom stereocenters. The summed E-state index contributed by atoms with van der Waals surface area (Å²) < 4.78 is 5.07. The van der Waals surface area contributed by atoms with Crippen LogP contribution in [0.25, 0.3) is 6.08 Å². The number of nitro benzene ring substituents is 1. The van der Waals surface area contributed by atoms with Crippen molar-refractivity contribution in [3.05, 3.63) is 93.0 Å². The van der Waals surface area contributed by atoms with Gasteiger partial charge < -0.3 is 10.1 Å². The first-order valence-electron chi connectivity index (χ1n) is 9.18. The predicted molar refractivity (Wildman–Crippen MR) is 124 cm³/mol. The van der Waals surface area contributed by atoms with Crippen LogP contribution >= 0.6 is 23.4 Å². The zero-order valence-corrected chi connectivity index (χ0v) is 18.3. The molecule has 1 amide bonds. The van der Waals surface area contributed by atoms with Crippen LogP contribution in [0.3, 0.4) is 0 Å². The van der Waals surface area contributed by atoms with E-state index in [9.17, 15) is 20.2 Å². The van der Waals surface area contributed by atoms with E-state index in [1.807, 2.05) is 6.07 Å². The maximum atomic E-state index is 12.5. The van der Waals surface area contributed by atoms with Crippen LogP contribution in [0.4, 0.5) is 11.4 Å². The smallest absolute Gasteiger partial charge is 0.283 e. The number of anilines is 1. The van der Waals surface area contributed by atoms with Gasteiger partial charge in [0.15, 0.2) is 0 Å². The van der Waals surface area contributed by atoms with Crippen LogP contribution in [0.1, 0.15) is 5.56 Å². The molecule has 0 bridgehead atoms. The van der Waals surface area contributed by atoms with Crippen LogP contribution in [-0.2, 0) is 4.79 Å². The number of nitrogens with one attached hydrogen (secondary N) is 1. The first-order chi connectivity index (χ1) is 15.4. The van der Waals surface area contributed by atoms with E-state index in [1.165, 1.54) is 31.0 Å². The van der Waals surface area contributed by atoms with Gasteiger partial charge >= 0.3 is 0 Å². The average Bonchev–Trinajstić information content (AvgIpc) is 2.80. The van der Waals surface area contributed by atoms with E-state index in [0.29, 0.717) is 26.9 Å². The Morgan fingerprint density at radius 3 is 2.44 bits per heavy atom. The van der Waals surface area contributed by atoms with Crippen LogP contribution in [0, 0.1) is 21.4 Å². The summed E-state index contributed by atoms with van der Waals surface area (Å²) in [5, 5.41) is 24.2. The lowest BCUT2D eigenvalue weighted by Crippen LogP contribution is -2.13. The summed E-state index contributed by atoms with van der Waals surface area (Å²) in [6, 6.07) is 19.9. The molecule has 0 heterocycles. The van der Waals surface area contributed by atoms with Gasteiger partial charge in [-0.3, -0.25) is 14.9 Å². The first-order valence-corrected chi connectivity index (χ1v) is 10.4. The molecule has 1 N–H and O–H groups in total. The Hall–Kier alpha value is -3.80. The third-order valence-corrected chi connectivity index (χ3v) is 5.57. The molecule has 3 aromatic rings. The van der Waals surface area contributed by atoms with Crippen molar-refractivity contribution in [1.82, 2.24) is 0 Å². The van der Waals surface area contributed by atoms with Crippen molar-refractivity contribution >= 4 is 46.7 Å². The van der Waals surface area contributed by atoms with E-state index in [2.05, 4.69) is 5.32 Å². The maximum absolute atomic E-state index is 12.5. The molecule has 0 fully saturated rings. The molecule has 3 rings (SSSR count). The van der Waals surface area contributed by atoms with Gasteiger partial charge in [0.2, 0.25) is 0 Å². The van der Waals surface area contributed by atoms with Crippen LogP contribution in [0.2, 0.25) is 5.02 Å². The number of methoxy groups -OCH3 is 1. The predicted octanol–water partition coefficient (Wildman–Crippen LogP) is 5.95. The summed E-state index contributed by atoms with van der Waals surface area (Å²) in [5.74, 6) is 0.00264. The van der Waals surface area contributed by atoms with Gasteiger partial charge in [0.05, 0.1) is 16.9 Å². The fourth-order valence-electron chi connectivity index (χ4n) is 2.67. The fourth-order valence-corrected chi connectivity index (χ4v) is 3.70. The first kappa shape index (κ1) is 22.9. The van der Waals surface area contributed by atoms with Gasteiger partial charge in [-0.05, 0) is 66.2 Å². The molecule has 0 atom stereocenters. The molecule has 0 saturated heterocycles. The van der Waals surface area contributed by atoms with Crippen molar-refractivity contribution in [3.63, 3.8) is 0 Å². The van der Waals surface area contributed by atoms with Gasteiger partial charge in [0.25, 0.3) is 11.6 Å². The molecule has 160 valence electrons. The van der Waals surface area contributed by atoms with Crippen LogP contribution < -0.4 is 10.1 Å². The Labute approximate surface area is 193 Å². The maximum Gasteiger partial charge on any atom is 0.283 e. The normalized spacial score (nSPS) is 10.8.